The summed E-state index contributed by atoms with van der Waals surface area (Å²) in [6, 6.07) is 9.86. The second kappa shape index (κ2) is 7.71. The van der Waals surface area contributed by atoms with Crippen molar-refractivity contribution in [2.24, 2.45) is 0 Å². The maximum atomic E-state index is 6.06. The molecule has 0 fully saturated rings. The summed E-state index contributed by atoms with van der Waals surface area (Å²) in [7, 11) is 0. The van der Waals surface area contributed by atoms with Gasteiger partial charge in [-0.1, -0.05) is 6.07 Å². The molecule has 0 saturated carbocycles. The Bertz CT molecular complexity index is 684. The highest BCUT2D eigenvalue weighted by atomic mass is 35.5. The summed E-state index contributed by atoms with van der Waals surface area (Å²) in [5, 5.41) is 7.69. The van der Waals surface area contributed by atoms with Crippen molar-refractivity contribution in [1.82, 2.24) is 14.6 Å². The highest BCUT2D eigenvalue weighted by Crippen LogP contribution is 2.22. The van der Waals surface area contributed by atoms with Gasteiger partial charge in [0.25, 0.3) is 0 Å². The quantitative estimate of drug-likeness (QED) is 0.774. The number of hydrogen-bond acceptors (Lipinski definition) is 4. The molecule has 0 bridgehead atoms. The van der Waals surface area contributed by atoms with Crippen LogP contribution in [0.25, 0.3) is 5.52 Å². The number of halogens is 2. The van der Waals surface area contributed by atoms with Crippen LogP contribution in [0.5, 0.6) is 0 Å². The number of hydrogen-bond donors (Lipinski definition) is 2. The molecule has 0 aliphatic carbocycles. The van der Waals surface area contributed by atoms with Gasteiger partial charge in [0.15, 0.2) is 5.82 Å². The van der Waals surface area contributed by atoms with E-state index in [1.807, 2.05) is 36.5 Å². The summed E-state index contributed by atoms with van der Waals surface area (Å²) in [5.41, 5.74) is 8.92. The maximum Gasteiger partial charge on any atom is 0.172 e. The second-order valence-corrected chi connectivity index (χ2v) is 4.32. The molecule has 0 saturated heterocycles. The first-order valence-electron chi connectivity index (χ1n) is 6.20. The summed E-state index contributed by atoms with van der Waals surface area (Å²) in [5.74, 6) is 0.736. The molecule has 5 nitrogen and oxygen atoms in total. The Kier molecular flexibility index (Phi) is 6.27. The number of rotatable bonds is 4. The zero-order chi connectivity index (χ0) is 13.1. The zero-order valence-electron chi connectivity index (χ0n) is 11.3. The van der Waals surface area contributed by atoms with Gasteiger partial charge in [0.2, 0.25) is 0 Å². The molecule has 0 spiro atoms. The molecule has 0 aliphatic heterocycles. The van der Waals surface area contributed by atoms with Crippen LogP contribution in [-0.2, 0) is 6.42 Å². The Morgan fingerprint density at radius 2 is 1.86 bits per heavy atom. The van der Waals surface area contributed by atoms with Gasteiger partial charge in [-0.25, -0.2) is 4.52 Å². The largest absolute Gasteiger partial charge is 0.394 e. The van der Waals surface area contributed by atoms with Crippen molar-refractivity contribution >= 4 is 41.8 Å². The summed E-state index contributed by atoms with van der Waals surface area (Å²) in [4.78, 5) is 4.00. The van der Waals surface area contributed by atoms with Crippen molar-refractivity contribution in [1.29, 1.82) is 0 Å². The number of nitrogens with one attached hydrogen (secondary N) is 1. The van der Waals surface area contributed by atoms with Crippen molar-refractivity contribution in [2.45, 2.75) is 6.42 Å². The molecule has 3 aromatic heterocycles. The molecule has 7 heteroatoms. The first-order chi connectivity index (χ1) is 9.34. The Balaban J connectivity index is 0.00000110. The Morgan fingerprint density at radius 1 is 1.10 bits per heavy atom. The fraction of sp³-hybridized carbons (Fsp3) is 0.143. The number of aromatic nitrogens is 3. The van der Waals surface area contributed by atoms with Gasteiger partial charge in [0.05, 0.1) is 5.52 Å². The topological polar surface area (TPSA) is 68.2 Å². The molecule has 3 heterocycles. The first kappa shape index (κ1) is 17.1. The van der Waals surface area contributed by atoms with Gasteiger partial charge in [-0.2, -0.15) is 0 Å². The molecule has 112 valence electrons. The summed E-state index contributed by atoms with van der Waals surface area (Å²) in [6.45, 7) is 0.790. The first-order valence-corrected chi connectivity index (χ1v) is 6.20. The smallest absolute Gasteiger partial charge is 0.172 e. The standard InChI is InChI=1S/C14H15N5.2ClH/c15-13-12-3-1-2-10-19(12)18-14(13)17-9-6-11-4-7-16-8-5-11;;/h1-5,7-8,10H,6,9,15H2,(H,17,18);2*1H. The Labute approximate surface area is 135 Å². The number of anilines is 2. The van der Waals surface area contributed by atoms with E-state index in [1.54, 1.807) is 16.9 Å². The van der Waals surface area contributed by atoms with Crippen molar-refractivity contribution in [2.75, 3.05) is 17.6 Å². The monoisotopic (exact) mass is 325 g/mol. The lowest BCUT2D eigenvalue weighted by Crippen LogP contribution is -2.06. The third kappa shape index (κ3) is 3.77. The average molecular weight is 326 g/mol. The molecule has 0 atom stereocenters. The number of nitrogens with zero attached hydrogens (tertiary/aromatic N) is 3. The minimum absolute atomic E-state index is 0. The van der Waals surface area contributed by atoms with E-state index >= 15 is 0 Å². The minimum Gasteiger partial charge on any atom is -0.394 e. The minimum atomic E-state index is 0. The van der Waals surface area contributed by atoms with Crippen molar-refractivity contribution in [3.8, 4) is 0 Å². The highest BCUT2D eigenvalue weighted by Gasteiger charge is 2.07. The van der Waals surface area contributed by atoms with Gasteiger partial charge in [-0.15, -0.1) is 29.9 Å². The van der Waals surface area contributed by atoms with E-state index in [0.29, 0.717) is 5.69 Å². The van der Waals surface area contributed by atoms with Gasteiger partial charge in [0.1, 0.15) is 5.69 Å². The SMILES string of the molecule is Cl.Cl.Nc1c(NCCc2ccncc2)nn2ccccc12. The van der Waals surface area contributed by atoms with Crippen molar-refractivity contribution < 1.29 is 0 Å². The third-order valence-electron chi connectivity index (χ3n) is 3.03. The van der Waals surface area contributed by atoms with Crippen LogP contribution in [0.15, 0.2) is 48.9 Å². The third-order valence-corrected chi connectivity index (χ3v) is 3.03. The molecular formula is C14H17Cl2N5. The number of nitrogen functional groups attached to an aromatic ring is 1. The molecule has 0 unspecified atom stereocenters. The highest BCUT2D eigenvalue weighted by molar-refractivity contribution is 5.85. The Morgan fingerprint density at radius 3 is 2.57 bits per heavy atom. The van der Waals surface area contributed by atoms with Crippen LogP contribution >= 0.6 is 24.8 Å². The lowest BCUT2D eigenvalue weighted by atomic mass is 10.2. The van der Waals surface area contributed by atoms with Crippen molar-refractivity contribution in [3.05, 3.63) is 54.5 Å². The van der Waals surface area contributed by atoms with Gasteiger partial charge < -0.3 is 11.1 Å². The van der Waals surface area contributed by atoms with E-state index < -0.39 is 0 Å². The molecule has 3 rings (SSSR count). The molecule has 3 aromatic rings. The van der Waals surface area contributed by atoms with Crippen LogP contribution in [0.4, 0.5) is 11.5 Å². The van der Waals surface area contributed by atoms with Gasteiger partial charge in [0, 0.05) is 25.1 Å². The summed E-state index contributed by atoms with van der Waals surface area (Å²) >= 11 is 0. The molecule has 0 amide bonds. The van der Waals surface area contributed by atoms with Gasteiger partial charge in [-0.3, -0.25) is 4.98 Å². The number of pyridine rings is 2. The van der Waals surface area contributed by atoms with E-state index in [9.17, 15) is 0 Å². The summed E-state index contributed by atoms with van der Waals surface area (Å²) in [6.07, 6.45) is 6.40. The lowest BCUT2D eigenvalue weighted by molar-refractivity contribution is 0.938. The van der Waals surface area contributed by atoms with E-state index in [4.69, 9.17) is 5.73 Å². The van der Waals surface area contributed by atoms with E-state index in [1.165, 1.54) is 5.56 Å². The normalized spacial score (nSPS) is 9.71. The molecule has 21 heavy (non-hydrogen) atoms. The predicted molar refractivity (Wildman–Crippen MR) is 90.5 cm³/mol. The van der Waals surface area contributed by atoms with E-state index in [2.05, 4.69) is 15.4 Å². The number of fused-ring (bicyclic) bond motifs is 1. The molecule has 0 aromatic carbocycles. The van der Waals surface area contributed by atoms with Crippen molar-refractivity contribution in [3.63, 3.8) is 0 Å². The van der Waals surface area contributed by atoms with E-state index in [0.717, 1.165) is 24.3 Å². The maximum absolute atomic E-state index is 6.06. The lowest BCUT2D eigenvalue weighted by Gasteiger charge is -2.03. The molecule has 3 N–H and O–H groups in total. The Hall–Kier alpha value is -1.98. The van der Waals surface area contributed by atoms with E-state index in [-0.39, 0.29) is 24.8 Å². The van der Waals surface area contributed by atoms with Crippen LogP contribution in [0.3, 0.4) is 0 Å². The van der Waals surface area contributed by atoms with Crippen LogP contribution < -0.4 is 11.1 Å². The van der Waals surface area contributed by atoms with Gasteiger partial charge >= 0.3 is 0 Å². The van der Waals surface area contributed by atoms with Gasteiger partial charge in [-0.05, 0) is 36.2 Å². The second-order valence-electron chi connectivity index (χ2n) is 4.32. The summed E-state index contributed by atoms with van der Waals surface area (Å²) < 4.78 is 1.78. The zero-order valence-corrected chi connectivity index (χ0v) is 12.9. The fourth-order valence-electron chi connectivity index (χ4n) is 2.02. The number of nitrogens with two attached hydrogens (primary N) is 1. The van der Waals surface area contributed by atoms with Crippen LogP contribution in [0, 0.1) is 0 Å². The van der Waals surface area contributed by atoms with Crippen LogP contribution in [0.1, 0.15) is 5.56 Å². The molecule has 0 aliphatic rings. The average Bonchev–Trinajstić information content (AvgIpc) is 2.78. The predicted octanol–water partition coefficient (Wildman–Crippen LogP) is 2.81. The molecular weight excluding hydrogens is 309 g/mol. The van der Waals surface area contributed by atoms with Crippen LogP contribution in [0.2, 0.25) is 0 Å². The molecule has 0 radical (unpaired) electrons. The van der Waals surface area contributed by atoms with Crippen LogP contribution in [-0.4, -0.2) is 21.1 Å². The fourth-order valence-corrected chi connectivity index (χ4v) is 2.02.